The predicted octanol–water partition coefficient (Wildman–Crippen LogP) is 3.02. The standard InChI is InChI=1S/C18H19ClN2O5S/c1-12-7-9-15(10-8-12)27(25,26)20-18(24)21(13(2)17(22)23)11-14-5-3-4-6-16(14)19/h3-10,13H,11H2,1-2H3,(H,20,24)(H,22,23)/t13-/m0/s1. The molecular formula is C18H19ClN2O5S. The summed E-state index contributed by atoms with van der Waals surface area (Å²) in [6.45, 7) is 2.93. The first-order valence-electron chi connectivity index (χ1n) is 7.98. The van der Waals surface area contributed by atoms with E-state index in [1.54, 1.807) is 43.3 Å². The molecule has 9 heteroatoms. The first kappa shape index (κ1) is 20.7. The van der Waals surface area contributed by atoms with Gasteiger partial charge in [-0.25, -0.2) is 22.7 Å². The van der Waals surface area contributed by atoms with E-state index in [9.17, 15) is 23.1 Å². The van der Waals surface area contributed by atoms with E-state index in [4.69, 9.17) is 11.6 Å². The number of amides is 2. The molecule has 0 spiro atoms. The van der Waals surface area contributed by atoms with Gasteiger partial charge in [-0.1, -0.05) is 47.5 Å². The van der Waals surface area contributed by atoms with Crippen molar-refractivity contribution < 1.29 is 23.1 Å². The minimum atomic E-state index is -4.15. The van der Waals surface area contributed by atoms with Gasteiger partial charge in [-0.05, 0) is 37.6 Å². The van der Waals surface area contributed by atoms with Crippen LogP contribution in [0.1, 0.15) is 18.1 Å². The molecule has 0 aliphatic heterocycles. The van der Waals surface area contributed by atoms with Gasteiger partial charge in [0, 0.05) is 11.6 Å². The number of carbonyl (C=O) groups is 2. The Labute approximate surface area is 162 Å². The van der Waals surface area contributed by atoms with Crippen LogP contribution in [-0.2, 0) is 21.4 Å². The van der Waals surface area contributed by atoms with E-state index in [0.717, 1.165) is 10.5 Å². The highest BCUT2D eigenvalue weighted by atomic mass is 35.5. The molecule has 144 valence electrons. The van der Waals surface area contributed by atoms with E-state index in [-0.39, 0.29) is 11.4 Å². The summed E-state index contributed by atoms with van der Waals surface area (Å²) in [5.74, 6) is -1.27. The van der Waals surface area contributed by atoms with Crippen LogP contribution in [0, 0.1) is 6.92 Å². The summed E-state index contributed by atoms with van der Waals surface area (Å²) in [4.78, 5) is 24.8. The largest absolute Gasteiger partial charge is 0.480 e. The van der Waals surface area contributed by atoms with Gasteiger partial charge in [-0.3, -0.25) is 0 Å². The third-order valence-electron chi connectivity index (χ3n) is 3.94. The van der Waals surface area contributed by atoms with E-state index in [1.165, 1.54) is 19.1 Å². The van der Waals surface area contributed by atoms with Gasteiger partial charge < -0.3 is 10.0 Å². The minimum Gasteiger partial charge on any atom is -0.480 e. The van der Waals surface area contributed by atoms with Crippen LogP contribution in [0.3, 0.4) is 0 Å². The Morgan fingerprint density at radius 1 is 1.15 bits per heavy atom. The van der Waals surface area contributed by atoms with Crippen LogP contribution in [0.5, 0.6) is 0 Å². The van der Waals surface area contributed by atoms with Gasteiger partial charge in [0.2, 0.25) is 0 Å². The maximum absolute atomic E-state index is 12.6. The molecule has 0 radical (unpaired) electrons. The van der Waals surface area contributed by atoms with Crippen molar-refractivity contribution in [3.8, 4) is 0 Å². The summed E-state index contributed by atoms with van der Waals surface area (Å²) in [6.07, 6.45) is 0. The number of aliphatic carboxylic acids is 1. The number of hydrogen-bond acceptors (Lipinski definition) is 4. The molecule has 0 bridgehead atoms. The topological polar surface area (TPSA) is 104 Å². The first-order chi connectivity index (χ1) is 12.6. The molecule has 0 unspecified atom stereocenters. The number of rotatable bonds is 6. The van der Waals surface area contributed by atoms with Gasteiger partial charge in [-0.15, -0.1) is 0 Å². The van der Waals surface area contributed by atoms with Crippen molar-refractivity contribution in [3.63, 3.8) is 0 Å². The number of aryl methyl sites for hydroxylation is 1. The average molecular weight is 411 g/mol. The number of carboxylic acid groups (broad SMARTS) is 1. The molecule has 0 aliphatic rings. The number of sulfonamides is 1. The van der Waals surface area contributed by atoms with E-state index in [0.29, 0.717) is 10.6 Å². The molecule has 0 saturated heterocycles. The van der Waals surface area contributed by atoms with Crippen molar-refractivity contribution in [2.24, 2.45) is 0 Å². The van der Waals surface area contributed by atoms with Crippen LogP contribution in [0.15, 0.2) is 53.4 Å². The van der Waals surface area contributed by atoms with Crippen molar-refractivity contribution in [2.45, 2.75) is 31.3 Å². The van der Waals surface area contributed by atoms with E-state index >= 15 is 0 Å². The number of nitrogens with one attached hydrogen (secondary N) is 1. The van der Waals surface area contributed by atoms with Gasteiger partial charge >= 0.3 is 12.0 Å². The highest BCUT2D eigenvalue weighted by Crippen LogP contribution is 2.19. The summed E-state index contributed by atoms with van der Waals surface area (Å²) in [6, 6.07) is 10.2. The lowest BCUT2D eigenvalue weighted by atomic mass is 10.2. The maximum Gasteiger partial charge on any atom is 0.332 e. The Morgan fingerprint density at radius 3 is 2.30 bits per heavy atom. The second kappa shape index (κ2) is 8.41. The Kier molecular flexibility index (Phi) is 6.45. The van der Waals surface area contributed by atoms with Gasteiger partial charge in [0.1, 0.15) is 6.04 Å². The second-order valence-electron chi connectivity index (χ2n) is 5.96. The minimum absolute atomic E-state index is 0.0953. The third kappa shape index (κ3) is 5.21. The molecule has 1 atom stereocenters. The van der Waals surface area contributed by atoms with Crippen LogP contribution >= 0.6 is 11.6 Å². The summed E-state index contributed by atoms with van der Waals surface area (Å²) >= 11 is 6.08. The lowest BCUT2D eigenvalue weighted by Gasteiger charge is -2.27. The third-order valence-corrected chi connectivity index (χ3v) is 5.64. The molecule has 2 rings (SSSR count). The molecule has 0 fully saturated rings. The van der Waals surface area contributed by atoms with Crippen molar-refractivity contribution in [1.82, 2.24) is 9.62 Å². The van der Waals surface area contributed by atoms with Gasteiger partial charge in [-0.2, -0.15) is 0 Å². The fourth-order valence-corrected chi connectivity index (χ4v) is 3.43. The molecule has 0 aromatic heterocycles. The lowest BCUT2D eigenvalue weighted by Crippen LogP contribution is -2.49. The Bertz CT molecular complexity index is 944. The number of benzene rings is 2. The number of carboxylic acids is 1. The van der Waals surface area contributed by atoms with Gasteiger partial charge in [0.25, 0.3) is 10.0 Å². The van der Waals surface area contributed by atoms with Crippen LogP contribution in [0.4, 0.5) is 4.79 Å². The number of nitrogens with zero attached hydrogens (tertiary/aromatic N) is 1. The number of urea groups is 1. The molecule has 2 aromatic carbocycles. The van der Waals surface area contributed by atoms with Gasteiger partial charge in [0.15, 0.2) is 0 Å². The fourth-order valence-electron chi connectivity index (χ4n) is 2.28. The smallest absolute Gasteiger partial charge is 0.332 e. The monoisotopic (exact) mass is 410 g/mol. The van der Waals surface area contributed by atoms with E-state index in [1.807, 2.05) is 4.72 Å². The highest BCUT2D eigenvalue weighted by molar-refractivity contribution is 7.90. The Hall–Kier alpha value is -2.58. The van der Waals surface area contributed by atoms with Crippen LogP contribution < -0.4 is 4.72 Å². The zero-order chi connectivity index (χ0) is 20.2. The highest BCUT2D eigenvalue weighted by Gasteiger charge is 2.29. The zero-order valence-electron chi connectivity index (χ0n) is 14.7. The second-order valence-corrected chi connectivity index (χ2v) is 8.05. The maximum atomic E-state index is 12.6. The molecule has 2 N–H and O–H groups in total. The van der Waals surface area contributed by atoms with Crippen molar-refractivity contribution >= 4 is 33.6 Å². The normalized spacial score (nSPS) is 12.3. The molecule has 0 aliphatic carbocycles. The average Bonchev–Trinajstić information content (AvgIpc) is 2.60. The molecule has 2 amide bonds. The molecule has 7 nitrogen and oxygen atoms in total. The van der Waals surface area contributed by atoms with Crippen LogP contribution in [0.25, 0.3) is 0 Å². The van der Waals surface area contributed by atoms with Crippen molar-refractivity contribution in [3.05, 3.63) is 64.7 Å². The van der Waals surface area contributed by atoms with Gasteiger partial charge in [0.05, 0.1) is 4.90 Å². The summed E-state index contributed by atoms with van der Waals surface area (Å²) in [5, 5.41) is 9.63. The molecule has 0 heterocycles. The zero-order valence-corrected chi connectivity index (χ0v) is 16.3. The summed E-state index contributed by atoms with van der Waals surface area (Å²) in [5.41, 5.74) is 1.36. The van der Waals surface area contributed by atoms with Crippen molar-refractivity contribution in [1.29, 1.82) is 0 Å². The summed E-state index contributed by atoms with van der Waals surface area (Å²) < 4.78 is 26.8. The SMILES string of the molecule is Cc1ccc(S(=O)(=O)NC(=O)N(Cc2ccccc2Cl)[C@@H](C)C(=O)O)cc1. The molecule has 27 heavy (non-hydrogen) atoms. The fraction of sp³-hybridized carbons (Fsp3) is 0.222. The van der Waals surface area contributed by atoms with Crippen molar-refractivity contribution in [2.75, 3.05) is 0 Å². The molecular weight excluding hydrogens is 392 g/mol. The molecule has 2 aromatic rings. The van der Waals surface area contributed by atoms with E-state index in [2.05, 4.69) is 0 Å². The first-order valence-corrected chi connectivity index (χ1v) is 9.84. The number of halogens is 1. The van der Waals surface area contributed by atoms with Crippen LogP contribution in [0.2, 0.25) is 5.02 Å². The summed E-state index contributed by atoms with van der Waals surface area (Å²) in [7, 11) is -4.15. The predicted molar refractivity (Wildman–Crippen MR) is 101 cm³/mol. The quantitative estimate of drug-likeness (QED) is 0.761. The van der Waals surface area contributed by atoms with E-state index < -0.39 is 28.1 Å². The number of hydrogen-bond donors (Lipinski definition) is 2. The Morgan fingerprint density at radius 2 is 1.74 bits per heavy atom. The van der Waals surface area contributed by atoms with Crippen LogP contribution in [-0.4, -0.2) is 36.5 Å². The molecule has 0 saturated carbocycles. The Balaban J connectivity index is 2.29. The lowest BCUT2D eigenvalue weighted by molar-refractivity contribution is -0.141. The number of carbonyl (C=O) groups excluding carboxylic acids is 1.